The molecule has 254 valence electrons. The van der Waals surface area contributed by atoms with Crippen molar-refractivity contribution in [3.63, 3.8) is 0 Å². The van der Waals surface area contributed by atoms with E-state index in [2.05, 4.69) is 163 Å². The van der Waals surface area contributed by atoms with Crippen molar-refractivity contribution in [2.24, 2.45) is 0 Å². The van der Waals surface area contributed by atoms with Gasteiger partial charge in [-0.15, -0.1) is 0 Å². The third-order valence-electron chi connectivity index (χ3n) is 8.58. The van der Waals surface area contributed by atoms with E-state index >= 15 is 0 Å². The van der Waals surface area contributed by atoms with Crippen LogP contribution in [0, 0.1) is 7.43 Å². The van der Waals surface area contributed by atoms with Crippen LogP contribution < -0.4 is 21.2 Å². The topological polar surface area (TPSA) is 0 Å². The van der Waals surface area contributed by atoms with E-state index in [9.17, 15) is 0 Å². The Hall–Kier alpha value is -0.689. The summed E-state index contributed by atoms with van der Waals surface area (Å²) in [6, 6.07) is 45.2. The van der Waals surface area contributed by atoms with E-state index in [1.807, 2.05) is 0 Å². The van der Waals surface area contributed by atoms with E-state index in [1.54, 1.807) is 21.2 Å². The monoisotopic (exact) mass is 796 g/mol. The Morgan fingerprint density at radius 1 is 0.362 bits per heavy atom. The molecule has 0 heterocycles. The van der Waals surface area contributed by atoms with Gasteiger partial charge in [0.05, 0.1) is 60.4 Å². The Morgan fingerprint density at radius 2 is 0.532 bits per heavy atom. The molecule has 0 unspecified atom stereocenters. The maximum Gasteiger partial charge on any atom is 2.00 e. The minimum atomic E-state index is -1.23. The second kappa shape index (κ2) is 28.1. The van der Waals surface area contributed by atoms with Gasteiger partial charge >= 0.3 is 48.9 Å². The predicted molar refractivity (Wildman–Crippen MR) is 226 cm³/mol. The van der Waals surface area contributed by atoms with E-state index in [0.29, 0.717) is 0 Å². The molecule has 3 heteroatoms. The van der Waals surface area contributed by atoms with Crippen molar-refractivity contribution in [3.8, 4) is 0 Å². The summed E-state index contributed by atoms with van der Waals surface area (Å²) >= 11 is 0. The van der Waals surface area contributed by atoms with Crippen molar-refractivity contribution in [3.05, 3.63) is 129 Å². The number of unbranched alkanes of at least 4 members (excludes halogenated alkanes) is 4. The molecule has 0 atom stereocenters. The summed E-state index contributed by atoms with van der Waals surface area (Å²) in [5, 5.41) is 6.38. The average Bonchev–Trinajstić information content (AvgIpc) is 3.11. The van der Waals surface area contributed by atoms with Gasteiger partial charge in [-0.1, -0.05) is 146 Å². The molecule has 0 amide bonds. The van der Waals surface area contributed by atoms with Gasteiger partial charge in [-0.05, 0) is 74.2 Å². The molecule has 47 heavy (non-hydrogen) atoms. The summed E-state index contributed by atoms with van der Waals surface area (Å²) < 4.78 is 0. The molecule has 0 saturated carbocycles. The van der Waals surface area contributed by atoms with Gasteiger partial charge in [-0.3, -0.25) is 0 Å². The summed E-state index contributed by atoms with van der Waals surface area (Å²) in [6.45, 7) is 13.5. The first-order chi connectivity index (χ1) is 22.1. The fourth-order valence-corrected chi connectivity index (χ4v) is 15.6. The molecular weight excluding hydrogens is 728 g/mol. The molecule has 0 radical (unpaired) electrons. The molecule has 4 aromatic rings. The fourth-order valence-electron chi connectivity index (χ4n) is 6.12. The van der Waals surface area contributed by atoms with Crippen LogP contribution in [-0.2, 0) is 0 Å². The van der Waals surface area contributed by atoms with Crippen molar-refractivity contribution in [1.29, 1.82) is 0 Å². The smallest absolute Gasteiger partial charge is 1.00 e. The van der Waals surface area contributed by atoms with Crippen molar-refractivity contribution in [1.82, 2.24) is 0 Å². The predicted octanol–water partition coefficient (Wildman–Crippen LogP) is 12.1. The number of benzene rings is 4. The van der Waals surface area contributed by atoms with Crippen LogP contribution in [0.5, 0.6) is 0 Å². The van der Waals surface area contributed by atoms with Crippen LogP contribution in [0.25, 0.3) is 0 Å². The van der Waals surface area contributed by atoms with Crippen LogP contribution in [0.15, 0.2) is 121 Å². The molecule has 0 aliphatic carbocycles. The van der Waals surface area contributed by atoms with Gasteiger partial charge in [-0.25, -0.2) is 0 Å². The fraction of sp³-hybridized carbons (Fsp3) is 0.432. The first-order valence-corrected chi connectivity index (χ1v) is 22.4. The van der Waals surface area contributed by atoms with Crippen LogP contribution >= 0.6 is 14.5 Å². The largest absolute Gasteiger partial charge is 2.00 e. The standard InChI is InChI=1S/2C20H28P.C3H8.CH3.Ba.H/c2*1-3-5-17-21(18-6-4-2,19-13-9-7-10-14-19)20-15-11-8-12-16-20;1-3-2;;;/h2*7-16H,3-6,17-18H2,1-2H3;3H2,1-2H3;1H3;;/q2*+1;;-1;+2;-1. The molecule has 0 aromatic heterocycles. The first-order valence-electron chi connectivity index (χ1n) is 18.0. The SMILES string of the molecule is CCC.CCCC[P+](CCCC)(c1ccccc1)c1ccccc1.CCCC[P+](CCCC)(c1ccccc1)c1ccccc1.[Ba+2].[CH3-].[H-]. The van der Waals surface area contributed by atoms with E-state index in [4.69, 9.17) is 0 Å². The molecule has 4 aromatic carbocycles. The molecule has 0 bridgehead atoms. The normalized spacial score (nSPS) is 10.7. The maximum absolute atomic E-state index is 2.37. The molecule has 0 spiro atoms. The van der Waals surface area contributed by atoms with E-state index < -0.39 is 14.5 Å². The van der Waals surface area contributed by atoms with Crippen molar-refractivity contribution < 1.29 is 1.43 Å². The summed E-state index contributed by atoms with van der Waals surface area (Å²) in [7, 11) is -2.47. The van der Waals surface area contributed by atoms with Crippen molar-refractivity contribution in [2.45, 2.75) is 99.3 Å². The Morgan fingerprint density at radius 3 is 0.681 bits per heavy atom. The van der Waals surface area contributed by atoms with Gasteiger partial charge in [0.15, 0.2) is 0 Å². The van der Waals surface area contributed by atoms with Gasteiger partial charge in [0.2, 0.25) is 0 Å². The van der Waals surface area contributed by atoms with E-state index in [-0.39, 0.29) is 57.7 Å². The van der Waals surface area contributed by atoms with Gasteiger partial charge in [-0.2, -0.15) is 0 Å². The van der Waals surface area contributed by atoms with Crippen LogP contribution in [0.3, 0.4) is 0 Å². The van der Waals surface area contributed by atoms with Gasteiger partial charge in [0, 0.05) is 0 Å². The second-order valence-electron chi connectivity index (χ2n) is 12.3. The number of hydrogen-bond acceptors (Lipinski definition) is 0. The zero-order valence-electron chi connectivity index (χ0n) is 32.3. The molecular formula is C44H68BaP2+2. The third kappa shape index (κ3) is 15.0. The molecule has 0 nitrogen and oxygen atoms in total. The van der Waals surface area contributed by atoms with Crippen molar-refractivity contribution >= 4 is 84.6 Å². The van der Waals surface area contributed by atoms with Crippen LogP contribution in [0.4, 0.5) is 0 Å². The van der Waals surface area contributed by atoms with Crippen molar-refractivity contribution in [2.75, 3.05) is 24.6 Å². The Labute approximate surface area is 335 Å². The molecule has 0 saturated heterocycles. The molecule has 0 aliphatic heterocycles. The third-order valence-corrected chi connectivity index (χ3v) is 18.0. The summed E-state index contributed by atoms with van der Waals surface area (Å²) in [4.78, 5) is 0. The minimum Gasteiger partial charge on any atom is -1.00 e. The molecule has 0 N–H and O–H groups in total. The van der Waals surface area contributed by atoms with Crippen LogP contribution in [0.2, 0.25) is 0 Å². The van der Waals surface area contributed by atoms with Gasteiger partial charge in [0.1, 0.15) is 0 Å². The van der Waals surface area contributed by atoms with Crippen LogP contribution in [0.1, 0.15) is 101 Å². The minimum absolute atomic E-state index is 0. The van der Waals surface area contributed by atoms with Gasteiger partial charge < -0.3 is 8.85 Å². The average molecular weight is 796 g/mol. The van der Waals surface area contributed by atoms with E-state index in [1.165, 1.54) is 82.4 Å². The van der Waals surface area contributed by atoms with E-state index in [0.717, 1.165) is 0 Å². The Bertz CT molecular complexity index is 1040. The van der Waals surface area contributed by atoms with Gasteiger partial charge in [0.25, 0.3) is 0 Å². The second-order valence-corrected chi connectivity index (χ2v) is 20.0. The molecule has 4 rings (SSSR count). The first kappa shape index (κ1) is 46.3. The quantitative estimate of drug-likeness (QED) is 0.0602. The maximum atomic E-state index is 2.37. The molecule has 0 fully saturated rings. The Kier molecular flexibility index (Phi) is 27.6. The summed E-state index contributed by atoms with van der Waals surface area (Å²) in [5.74, 6) is 0. The number of hydrogen-bond donors (Lipinski definition) is 0. The zero-order chi connectivity index (χ0) is 32.6. The summed E-state index contributed by atoms with van der Waals surface area (Å²) in [5.41, 5.74) is 0. The number of rotatable bonds is 16. The van der Waals surface area contributed by atoms with Crippen LogP contribution in [-0.4, -0.2) is 73.5 Å². The zero-order valence-corrected chi connectivity index (χ0v) is 37.6. The Balaban J connectivity index is 0. The summed E-state index contributed by atoms with van der Waals surface area (Å²) in [6.07, 6.45) is 17.2. The molecule has 0 aliphatic rings.